The Kier molecular flexibility index (Phi) is 3.05. The van der Waals surface area contributed by atoms with Gasteiger partial charge in [-0.3, -0.25) is 0 Å². The number of ether oxygens (including phenoxy) is 1. The van der Waals surface area contributed by atoms with Crippen LogP contribution in [0.1, 0.15) is 25.7 Å². The molecule has 0 bridgehead atoms. The van der Waals surface area contributed by atoms with Crippen LogP contribution in [-0.2, 0) is 4.74 Å². The molecule has 0 saturated heterocycles. The van der Waals surface area contributed by atoms with Crippen molar-refractivity contribution < 1.29 is 4.74 Å². The summed E-state index contributed by atoms with van der Waals surface area (Å²) in [4.78, 5) is 0. The second-order valence-corrected chi connectivity index (χ2v) is 2.73. The highest BCUT2D eigenvalue weighted by Gasteiger charge is 2.16. The van der Waals surface area contributed by atoms with Gasteiger partial charge in [0.1, 0.15) is 0 Å². The van der Waals surface area contributed by atoms with Crippen LogP contribution in [0.2, 0.25) is 0 Å². The van der Waals surface area contributed by atoms with E-state index in [4.69, 9.17) is 4.74 Å². The maximum absolute atomic E-state index is 5.32. The lowest BCUT2D eigenvalue weighted by Gasteiger charge is -2.24. The molecule has 1 aliphatic carbocycles. The fraction of sp³-hybridized carbons (Fsp3) is 0.875. The Hall–Kier alpha value is -0.0400. The summed E-state index contributed by atoms with van der Waals surface area (Å²) in [5.41, 5.74) is 0. The van der Waals surface area contributed by atoms with E-state index in [0.29, 0.717) is 0 Å². The van der Waals surface area contributed by atoms with E-state index >= 15 is 0 Å². The van der Waals surface area contributed by atoms with Crippen LogP contribution in [0.5, 0.6) is 0 Å². The Morgan fingerprint density at radius 1 is 1.44 bits per heavy atom. The maximum Gasteiger partial charge on any atom is 0.0494 e. The highest BCUT2D eigenvalue weighted by atomic mass is 16.5. The quantitative estimate of drug-likeness (QED) is 0.525. The number of hydrogen-bond acceptors (Lipinski definition) is 1. The van der Waals surface area contributed by atoms with E-state index in [2.05, 4.69) is 6.92 Å². The standard InChI is InChI=1S/C8H15O/c1-2-6-9-7-8-4-3-5-8/h8H,1-7H2. The van der Waals surface area contributed by atoms with Gasteiger partial charge in [0.25, 0.3) is 0 Å². The average molecular weight is 127 g/mol. The third-order valence-electron chi connectivity index (χ3n) is 1.87. The summed E-state index contributed by atoms with van der Waals surface area (Å²) in [6.07, 6.45) is 5.10. The predicted octanol–water partition coefficient (Wildman–Crippen LogP) is 2.03. The first-order valence-electron chi connectivity index (χ1n) is 3.80. The second kappa shape index (κ2) is 3.89. The molecule has 0 N–H and O–H groups in total. The Labute approximate surface area is 57.4 Å². The van der Waals surface area contributed by atoms with Crippen molar-refractivity contribution in [2.75, 3.05) is 13.2 Å². The molecule has 1 heteroatoms. The first-order chi connectivity index (χ1) is 4.43. The Morgan fingerprint density at radius 3 is 2.67 bits per heavy atom. The molecule has 0 unspecified atom stereocenters. The van der Waals surface area contributed by atoms with E-state index < -0.39 is 0 Å². The van der Waals surface area contributed by atoms with Crippen LogP contribution >= 0.6 is 0 Å². The monoisotopic (exact) mass is 127 g/mol. The molecule has 0 spiro atoms. The van der Waals surface area contributed by atoms with Gasteiger partial charge in [0, 0.05) is 13.2 Å². The van der Waals surface area contributed by atoms with Crippen LogP contribution in [-0.4, -0.2) is 13.2 Å². The number of hydrogen-bond donors (Lipinski definition) is 0. The number of rotatable bonds is 4. The molecule has 1 fully saturated rings. The van der Waals surface area contributed by atoms with Crippen LogP contribution in [0.15, 0.2) is 0 Å². The van der Waals surface area contributed by atoms with Crippen molar-refractivity contribution in [3.05, 3.63) is 6.92 Å². The first-order valence-corrected chi connectivity index (χ1v) is 3.80. The van der Waals surface area contributed by atoms with E-state index in [0.717, 1.165) is 25.6 Å². The van der Waals surface area contributed by atoms with Gasteiger partial charge in [0.15, 0.2) is 0 Å². The molecular weight excluding hydrogens is 112 g/mol. The lowest BCUT2D eigenvalue weighted by molar-refractivity contribution is 0.0730. The summed E-state index contributed by atoms with van der Waals surface area (Å²) in [6.45, 7) is 5.53. The molecule has 1 nitrogen and oxygen atoms in total. The van der Waals surface area contributed by atoms with Crippen LogP contribution in [0.25, 0.3) is 0 Å². The van der Waals surface area contributed by atoms with Gasteiger partial charge in [-0.25, -0.2) is 0 Å². The average Bonchev–Trinajstić information content (AvgIpc) is 1.76. The van der Waals surface area contributed by atoms with E-state index in [-0.39, 0.29) is 0 Å². The summed E-state index contributed by atoms with van der Waals surface area (Å²) in [5, 5.41) is 0. The largest absolute Gasteiger partial charge is 0.381 e. The molecule has 1 aliphatic rings. The third kappa shape index (κ3) is 2.35. The zero-order chi connectivity index (χ0) is 6.53. The smallest absolute Gasteiger partial charge is 0.0494 e. The second-order valence-electron chi connectivity index (χ2n) is 2.73. The van der Waals surface area contributed by atoms with Crippen LogP contribution < -0.4 is 0 Å². The van der Waals surface area contributed by atoms with Crippen molar-refractivity contribution in [1.82, 2.24) is 0 Å². The van der Waals surface area contributed by atoms with Gasteiger partial charge in [-0.2, -0.15) is 0 Å². The zero-order valence-corrected chi connectivity index (χ0v) is 5.94. The SMILES string of the molecule is [CH2]CCOCC1CCC1. The van der Waals surface area contributed by atoms with Crippen molar-refractivity contribution in [2.45, 2.75) is 25.7 Å². The predicted molar refractivity (Wildman–Crippen MR) is 38.1 cm³/mol. The van der Waals surface area contributed by atoms with E-state index in [1.165, 1.54) is 19.3 Å². The molecule has 1 rings (SSSR count). The van der Waals surface area contributed by atoms with Crippen LogP contribution in [0.4, 0.5) is 0 Å². The van der Waals surface area contributed by atoms with E-state index in [1.54, 1.807) is 0 Å². The van der Waals surface area contributed by atoms with Gasteiger partial charge in [-0.05, 0) is 25.2 Å². The highest BCUT2D eigenvalue weighted by Crippen LogP contribution is 2.26. The molecule has 0 heterocycles. The van der Waals surface area contributed by atoms with Crippen molar-refractivity contribution in [3.63, 3.8) is 0 Å². The van der Waals surface area contributed by atoms with Crippen molar-refractivity contribution in [1.29, 1.82) is 0 Å². The van der Waals surface area contributed by atoms with Crippen LogP contribution in [0, 0.1) is 12.8 Å². The van der Waals surface area contributed by atoms with Gasteiger partial charge >= 0.3 is 0 Å². The lowest BCUT2D eigenvalue weighted by Crippen LogP contribution is -2.17. The molecule has 0 aromatic rings. The van der Waals surface area contributed by atoms with E-state index in [9.17, 15) is 0 Å². The molecule has 0 aliphatic heterocycles. The third-order valence-corrected chi connectivity index (χ3v) is 1.87. The molecule has 0 aromatic carbocycles. The molecule has 0 amide bonds. The topological polar surface area (TPSA) is 9.23 Å². The molecule has 9 heavy (non-hydrogen) atoms. The van der Waals surface area contributed by atoms with Gasteiger partial charge in [0.05, 0.1) is 0 Å². The normalized spacial score (nSPS) is 19.7. The fourth-order valence-electron chi connectivity index (χ4n) is 1.01. The lowest BCUT2D eigenvalue weighted by atomic mass is 9.86. The molecular formula is C8H15O. The summed E-state index contributed by atoms with van der Waals surface area (Å²) < 4.78 is 5.32. The Balaban J connectivity index is 1.80. The molecule has 1 radical (unpaired) electrons. The van der Waals surface area contributed by atoms with E-state index in [1.807, 2.05) is 0 Å². The fourth-order valence-corrected chi connectivity index (χ4v) is 1.01. The maximum atomic E-state index is 5.32. The van der Waals surface area contributed by atoms with Gasteiger partial charge in [-0.15, -0.1) is 0 Å². The summed E-state index contributed by atoms with van der Waals surface area (Å²) >= 11 is 0. The van der Waals surface area contributed by atoms with Crippen molar-refractivity contribution in [3.8, 4) is 0 Å². The van der Waals surface area contributed by atoms with Gasteiger partial charge < -0.3 is 4.74 Å². The van der Waals surface area contributed by atoms with Gasteiger partial charge in [0.2, 0.25) is 0 Å². The van der Waals surface area contributed by atoms with Crippen molar-refractivity contribution >= 4 is 0 Å². The van der Waals surface area contributed by atoms with Crippen LogP contribution in [0.3, 0.4) is 0 Å². The summed E-state index contributed by atoms with van der Waals surface area (Å²) in [7, 11) is 0. The minimum Gasteiger partial charge on any atom is -0.381 e. The van der Waals surface area contributed by atoms with Gasteiger partial charge in [-0.1, -0.05) is 13.3 Å². The minimum absolute atomic E-state index is 0.844. The Morgan fingerprint density at radius 2 is 2.22 bits per heavy atom. The molecule has 0 aromatic heterocycles. The first kappa shape index (κ1) is 7.07. The molecule has 53 valence electrons. The molecule has 1 saturated carbocycles. The highest BCUT2D eigenvalue weighted by molar-refractivity contribution is 4.68. The van der Waals surface area contributed by atoms with Crippen molar-refractivity contribution in [2.24, 2.45) is 5.92 Å². The Bertz CT molecular complexity index is 67.0. The zero-order valence-electron chi connectivity index (χ0n) is 5.94. The minimum atomic E-state index is 0.844. The summed E-state index contributed by atoms with van der Waals surface area (Å²) in [5.74, 6) is 0.886. The molecule has 0 atom stereocenters. The summed E-state index contributed by atoms with van der Waals surface area (Å²) in [6, 6.07) is 0.